The number of aliphatic carboxylic acids is 1. The number of carboxylic acid groups (broad SMARTS) is 1. The van der Waals surface area contributed by atoms with Crippen molar-refractivity contribution in [3.63, 3.8) is 0 Å². The van der Waals surface area contributed by atoms with Crippen molar-refractivity contribution in [3.05, 3.63) is 332 Å². The molecule has 12 nitrogen and oxygen atoms in total. The maximum atomic E-state index is 16.0. The number of nitrogens with one attached hydrogen (secondary N) is 3. The fourth-order valence-electron chi connectivity index (χ4n) is 12.2. The number of hydrogen-bond donors (Lipinski definition) is 4. The number of fused-ring (bicyclic) bond motifs is 1. The van der Waals surface area contributed by atoms with Gasteiger partial charge in [0.2, 0.25) is 5.60 Å². The highest BCUT2D eigenvalue weighted by molar-refractivity contribution is 8.03. The summed E-state index contributed by atoms with van der Waals surface area (Å²) in [6, 6.07) is 80.9. The maximum absolute atomic E-state index is 16.0. The molecule has 0 saturated carbocycles. The van der Waals surface area contributed by atoms with Crippen molar-refractivity contribution >= 4 is 75.1 Å². The molecule has 0 radical (unpaired) electrons. The van der Waals surface area contributed by atoms with E-state index in [9.17, 15) is 9.90 Å². The highest BCUT2D eigenvalue weighted by atomic mass is 35.5. The molecule has 1 saturated heterocycles. The summed E-state index contributed by atoms with van der Waals surface area (Å²) < 4.78 is 0.110. The smallest absolute Gasteiger partial charge is 0.353 e. The Labute approximate surface area is 535 Å². The number of rotatable bonds is 24. The number of anilines is 1. The molecule has 89 heavy (non-hydrogen) atoms. The van der Waals surface area contributed by atoms with Crippen LogP contribution in [0.25, 0.3) is 0 Å². The average Bonchev–Trinajstić information content (AvgIpc) is 1.04. The lowest BCUT2D eigenvalue weighted by Gasteiger charge is -2.53. The number of benzene rings is 8. The van der Waals surface area contributed by atoms with Crippen molar-refractivity contribution in [2.75, 3.05) is 24.7 Å². The van der Waals surface area contributed by atoms with E-state index in [1.54, 1.807) is 18.0 Å². The summed E-state index contributed by atoms with van der Waals surface area (Å²) in [4.78, 5) is 65.2. The Hall–Kier alpha value is -9.09. The van der Waals surface area contributed by atoms with Crippen LogP contribution in [0.4, 0.5) is 5.13 Å². The molecule has 10 aromatic rings. The SMILES string of the molecule is CNCCSCc1ncccc1SC1=C(C(=O)O)N2C(=O)[C@@H](NC(=O)C(=NOC(c3ccccc3)(c3ccccc3)c3ccccc3)c3nc(NC(c4ccccc4)(c4ccccc4)c4ccccc4)sc3Cl)[C@H]2CC1C(c1ccccc1)c1ccccc1. The molecule has 2 aliphatic heterocycles. The Morgan fingerprint density at radius 1 is 0.685 bits per heavy atom. The summed E-state index contributed by atoms with van der Waals surface area (Å²) in [6.45, 7) is 0.812. The number of carbonyl (C=O) groups is 3. The first-order chi connectivity index (χ1) is 43.7. The molecule has 12 rings (SSSR count). The standard InChI is InChI=1S/C73H62ClN7O5S3/c1-75-45-46-87-48-58-60(43-26-44-76-58)88-66-57(61(49-27-10-2-11-28-49)50-29-12-3-13-30-50)47-59-62(69(83)81(59)65(66)70(84)85)77-68(82)64(80-86-73(54-37-20-7-21-38-54,55-39-22-8-23-40-55)56-41-24-9-25-42-56)63-67(74)89-71(78-63)79-72(51-31-14-4-15-32-51,52-33-16-5-17-34-52)53-35-18-6-19-36-53/h2-44,57,59,61-62,75H,45-48H2,1H3,(H,77,82)(H,78,79)(H,84,85)/t57?,59-,62+/m1/s1. The molecule has 1 unspecified atom stereocenters. The predicted molar refractivity (Wildman–Crippen MR) is 357 cm³/mol. The largest absolute Gasteiger partial charge is 0.477 e. The van der Waals surface area contributed by atoms with E-state index in [1.165, 1.54) is 16.7 Å². The summed E-state index contributed by atoms with van der Waals surface area (Å²) >= 11 is 11.7. The lowest BCUT2D eigenvalue weighted by molar-refractivity contribution is -0.156. The molecule has 2 amide bonds. The van der Waals surface area contributed by atoms with Crippen LogP contribution in [0.1, 0.15) is 68.2 Å². The highest BCUT2D eigenvalue weighted by Gasteiger charge is 2.57. The zero-order valence-corrected chi connectivity index (χ0v) is 51.6. The number of carboxylic acids is 1. The number of nitrogens with zero attached hydrogens (tertiary/aromatic N) is 4. The first-order valence-corrected chi connectivity index (χ1v) is 32.5. The number of thiazole rings is 1. The lowest BCUT2D eigenvalue weighted by Crippen LogP contribution is -2.73. The van der Waals surface area contributed by atoms with Gasteiger partial charge in [0.15, 0.2) is 10.8 Å². The van der Waals surface area contributed by atoms with Gasteiger partial charge in [-0.05, 0) is 53.4 Å². The van der Waals surface area contributed by atoms with E-state index in [0.29, 0.717) is 32.5 Å². The van der Waals surface area contributed by atoms with E-state index in [1.807, 2.05) is 201 Å². The van der Waals surface area contributed by atoms with Crippen LogP contribution in [-0.4, -0.2) is 74.9 Å². The number of amides is 2. The summed E-state index contributed by atoms with van der Waals surface area (Å²) in [6.07, 6.45) is 2.02. The van der Waals surface area contributed by atoms with Crippen LogP contribution >= 0.6 is 46.5 Å². The Bertz CT molecular complexity index is 3890. The second-order valence-corrected chi connectivity index (χ2v) is 25.3. The second kappa shape index (κ2) is 27.5. The Morgan fingerprint density at radius 2 is 1.16 bits per heavy atom. The minimum atomic E-state index is -1.46. The number of halogens is 1. The van der Waals surface area contributed by atoms with E-state index < -0.39 is 46.9 Å². The van der Waals surface area contributed by atoms with Crippen LogP contribution < -0.4 is 16.0 Å². The van der Waals surface area contributed by atoms with Crippen molar-refractivity contribution in [1.82, 2.24) is 25.5 Å². The minimum Gasteiger partial charge on any atom is -0.477 e. The van der Waals surface area contributed by atoms with Gasteiger partial charge in [0.05, 0.1) is 11.7 Å². The molecule has 2 aliphatic rings. The van der Waals surface area contributed by atoms with Crippen molar-refractivity contribution in [2.24, 2.45) is 11.1 Å². The van der Waals surface area contributed by atoms with Crippen LogP contribution in [0.5, 0.6) is 0 Å². The molecule has 1 fully saturated rings. The zero-order chi connectivity index (χ0) is 61.2. The third kappa shape index (κ3) is 12.3. The molecule has 444 valence electrons. The Morgan fingerprint density at radius 3 is 1.63 bits per heavy atom. The fourth-order valence-corrected chi connectivity index (χ4v) is 15.6. The van der Waals surface area contributed by atoms with Gasteiger partial charge in [-0.2, -0.15) is 11.8 Å². The first kappa shape index (κ1) is 60.2. The molecule has 0 aliphatic carbocycles. The number of allylic oxidation sites excluding steroid dienone is 1. The van der Waals surface area contributed by atoms with Crippen molar-refractivity contribution in [1.29, 1.82) is 0 Å². The average molecular weight is 1250 g/mol. The molecule has 0 spiro atoms. The van der Waals surface area contributed by atoms with E-state index in [4.69, 9.17) is 31.6 Å². The van der Waals surface area contributed by atoms with E-state index in [0.717, 1.165) is 62.0 Å². The van der Waals surface area contributed by atoms with Gasteiger partial charge in [0, 0.05) is 62.6 Å². The van der Waals surface area contributed by atoms with Crippen LogP contribution in [-0.2, 0) is 36.1 Å². The van der Waals surface area contributed by atoms with Crippen molar-refractivity contribution in [2.45, 2.75) is 46.2 Å². The molecule has 4 heterocycles. The zero-order valence-electron chi connectivity index (χ0n) is 48.4. The molecule has 4 N–H and O–H groups in total. The lowest BCUT2D eigenvalue weighted by atomic mass is 9.71. The Balaban J connectivity index is 0.994. The molecule has 0 bridgehead atoms. The molecule has 2 aromatic heterocycles. The van der Waals surface area contributed by atoms with E-state index in [-0.39, 0.29) is 33.8 Å². The molecule has 8 aromatic carbocycles. The monoisotopic (exact) mass is 1250 g/mol. The van der Waals surface area contributed by atoms with Crippen molar-refractivity contribution < 1.29 is 24.3 Å². The topological polar surface area (TPSA) is 158 Å². The highest BCUT2D eigenvalue weighted by Crippen LogP contribution is 2.53. The third-order valence-electron chi connectivity index (χ3n) is 16.3. The number of hydrogen-bond acceptors (Lipinski definition) is 12. The van der Waals surface area contributed by atoms with Gasteiger partial charge < -0.3 is 25.9 Å². The minimum absolute atomic E-state index is 0.0117. The second-order valence-electron chi connectivity index (χ2n) is 21.5. The van der Waals surface area contributed by atoms with Gasteiger partial charge in [0.25, 0.3) is 11.8 Å². The van der Waals surface area contributed by atoms with Gasteiger partial charge in [-0.3, -0.25) is 19.5 Å². The van der Waals surface area contributed by atoms with Crippen LogP contribution in [0, 0.1) is 5.92 Å². The molecule has 16 heteroatoms. The third-order valence-corrected chi connectivity index (χ3v) is 19.7. The summed E-state index contributed by atoms with van der Waals surface area (Å²) in [7, 11) is 1.91. The van der Waals surface area contributed by atoms with E-state index >= 15 is 9.59 Å². The van der Waals surface area contributed by atoms with Crippen LogP contribution in [0.3, 0.4) is 0 Å². The number of carbonyl (C=O) groups excluding carboxylic acids is 2. The first-order valence-electron chi connectivity index (χ1n) is 29.3. The van der Waals surface area contributed by atoms with Gasteiger partial charge in [-0.1, -0.05) is 283 Å². The summed E-state index contributed by atoms with van der Waals surface area (Å²) in [5.74, 6) is -2.14. The van der Waals surface area contributed by atoms with Crippen LogP contribution in [0.15, 0.2) is 282 Å². The van der Waals surface area contributed by atoms with Gasteiger partial charge in [-0.25, -0.2) is 9.78 Å². The van der Waals surface area contributed by atoms with Crippen molar-refractivity contribution in [3.8, 4) is 0 Å². The number of pyridine rings is 1. The van der Waals surface area contributed by atoms with Crippen LogP contribution in [0.2, 0.25) is 4.34 Å². The summed E-state index contributed by atoms with van der Waals surface area (Å²) in [5.41, 5.74) is 4.64. The number of thioether (sulfide) groups is 2. The maximum Gasteiger partial charge on any atom is 0.353 e. The molecular formula is C73H62ClN7O5S3. The number of oxime groups is 1. The predicted octanol–water partition coefficient (Wildman–Crippen LogP) is 14.4. The van der Waals surface area contributed by atoms with Gasteiger partial charge in [0.1, 0.15) is 27.3 Å². The quantitative estimate of drug-likeness (QED) is 0.0150. The fraction of sp³-hybridized carbons (Fsp3) is 0.151. The van der Waals surface area contributed by atoms with E-state index in [2.05, 4.69) is 76.6 Å². The van der Waals surface area contributed by atoms with Gasteiger partial charge >= 0.3 is 5.97 Å². The number of aromatic nitrogens is 2. The molecular weight excluding hydrogens is 1190 g/mol. The number of β-lactam (4-membered cyclic amide) rings is 1. The normalized spacial score (nSPS) is 15.9. The summed E-state index contributed by atoms with van der Waals surface area (Å²) in [5, 5.41) is 27.0. The molecule has 3 atom stereocenters. The van der Waals surface area contributed by atoms with Gasteiger partial charge in [-0.15, -0.1) is 0 Å². The Kier molecular flexibility index (Phi) is 18.6.